The summed E-state index contributed by atoms with van der Waals surface area (Å²) < 4.78 is 11.5. The Hall–Kier alpha value is -4.46. The Morgan fingerprint density at radius 2 is 1.78 bits per heavy atom. The normalized spacial score (nSPS) is 14.6. The molecule has 0 bridgehead atoms. The first kappa shape index (κ1) is 20.9. The molecule has 1 aliphatic carbocycles. The SMILES string of the molecule is c1cc(-c2cncc3[nH]c(-c4n[nH]c5cnc(-c6cncc(OC7CCCCC7)c6)cc45)cc23)co1. The number of fused-ring (bicyclic) bond motifs is 2. The van der Waals surface area contributed by atoms with Gasteiger partial charge in [0.2, 0.25) is 0 Å². The summed E-state index contributed by atoms with van der Waals surface area (Å²) in [6.45, 7) is 0. The molecule has 6 heterocycles. The molecule has 178 valence electrons. The number of nitrogens with zero attached hydrogens (tertiary/aromatic N) is 4. The zero-order chi connectivity index (χ0) is 23.9. The van der Waals surface area contributed by atoms with E-state index in [1.807, 2.05) is 36.9 Å². The average Bonchev–Trinajstić information content (AvgIpc) is 3.68. The molecule has 0 radical (unpaired) electrons. The van der Waals surface area contributed by atoms with Crippen LogP contribution in [-0.4, -0.2) is 36.2 Å². The van der Waals surface area contributed by atoms with Crippen molar-refractivity contribution in [3.05, 3.63) is 67.8 Å². The molecule has 0 aromatic carbocycles. The Balaban J connectivity index is 1.26. The number of hydrogen-bond acceptors (Lipinski definition) is 6. The van der Waals surface area contributed by atoms with Crippen LogP contribution in [-0.2, 0) is 0 Å². The minimum absolute atomic E-state index is 0.273. The summed E-state index contributed by atoms with van der Waals surface area (Å²) >= 11 is 0. The van der Waals surface area contributed by atoms with Gasteiger partial charge in [-0.2, -0.15) is 5.10 Å². The van der Waals surface area contributed by atoms with Crippen molar-refractivity contribution in [1.29, 1.82) is 0 Å². The van der Waals surface area contributed by atoms with Crippen LogP contribution >= 0.6 is 0 Å². The van der Waals surface area contributed by atoms with Crippen LogP contribution in [0.15, 0.2) is 72.2 Å². The van der Waals surface area contributed by atoms with Crippen molar-refractivity contribution in [2.24, 2.45) is 0 Å². The standard InChI is InChI=1S/C28H24N6O2/c1-2-4-19(5-3-1)36-20-8-18(11-29-12-20)24-10-22-27(15-31-24)33-34-28(22)25-9-21-23(17-6-7-35-16-17)13-30-14-26(21)32-25/h6-16,19,32H,1-5H2,(H,33,34). The van der Waals surface area contributed by atoms with Gasteiger partial charge in [0.25, 0.3) is 0 Å². The molecule has 36 heavy (non-hydrogen) atoms. The van der Waals surface area contributed by atoms with Gasteiger partial charge < -0.3 is 14.1 Å². The van der Waals surface area contributed by atoms with Gasteiger partial charge >= 0.3 is 0 Å². The smallest absolute Gasteiger partial charge is 0.138 e. The minimum Gasteiger partial charge on any atom is -0.489 e. The van der Waals surface area contributed by atoms with Crippen LogP contribution in [0.3, 0.4) is 0 Å². The molecule has 1 fully saturated rings. The molecule has 2 N–H and O–H groups in total. The molecule has 1 aliphatic rings. The van der Waals surface area contributed by atoms with E-state index in [9.17, 15) is 0 Å². The molecule has 0 amide bonds. The van der Waals surface area contributed by atoms with Gasteiger partial charge in [-0.25, -0.2) is 0 Å². The third-order valence-corrected chi connectivity index (χ3v) is 6.94. The minimum atomic E-state index is 0.273. The van der Waals surface area contributed by atoms with Gasteiger partial charge in [0.1, 0.15) is 11.4 Å². The topological polar surface area (TPSA) is 106 Å². The molecule has 0 saturated heterocycles. The number of rotatable bonds is 5. The van der Waals surface area contributed by atoms with Crippen molar-refractivity contribution >= 4 is 21.8 Å². The van der Waals surface area contributed by atoms with Crippen molar-refractivity contribution in [2.75, 3.05) is 0 Å². The van der Waals surface area contributed by atoms with E-state index in [1.165, 1.54) is 19.3 Å². The predicted octanol–water partition coefficient (Wildman–Crippen LogP) is 6.53. The van der Waals surface area contributed by atoms with Crippen molar-refractivity contribution in [3.63, 3.8) is 0 Å². The van der Waals surface area contributed by atoms with E-state index in [1.54, 1.807) is 18.7 Å². The van der Waals surface area contributed by atoms with E-state index in [0.29, 0.717) is 0 Å². The molecular formula is C28H24N6O2. The van der Waals surface area contributed by atoms with Crippen LogP contribution in [0.1, 0.15) is 32.1 Å². The summed E-state index contributed by atoms with van der Waals surface area (Å²) in [5.74, 6) is 0.795. The lowest BCUT2D eigenvalue weighted by Crippen LogP contribution is -2.19. The molecular weight excluding hydrogens is 452 g/mol. The summed E-state index contributed by atoms with van der Waals surface area (Å²) in [6.07, 6.45) is 18.7. The summed E-state index contributed by atoms with van der Waals surface area (Å²) in [4.78, 5) is 17.0. The zero-order valence-electron chi connectivity index (χ0n) is 19.6. The number of H-pyrrole nitrogens is 2. The van der Waals surface area contributed by atoms with Gasteiger partial charge in [0.05, 0.1) is 59.6 Å². The van der Waals surface area contributed by atoms with E-state index in [4.69, 9.17) is 9.15 Å². The first-order valence-corrected chi connectivity index (χ1v) is 12.3. The summed E-state index contributed by atoms with van der Waals surface area (Å²) in [6, 6.07) is 8.12. The number of furan rings is 1. The van der Waals surface area contributed by atoms with Gasteiger partial charge in [-0.15, -0.1) is 0 Å². The maximum absolute atomic E-state index is 6.23. The van der Waals surface area contributed by atoms with Gasteiger partial charge in [-0.05, 0) is 49.9 Å². The number of hydrogen-bond donors (Lipinski definition) is 2. The molecule has 6 aromatic heterocycles. The number of aromatic nitrogens is 6. The van der Waals surface area contributed by atoms with E-state index in [2.05, 4.69) is 42.3 Å². The lowest BCUT2D eigenvalue weighted by atomic mass is 9.98. The fraction of sp³-hybridized carbons (Fsp3) is 0.214. The summed E-state index contributed by atoms with van der Waals surface area (Å²) in [5.41, 5.74) is 7.26. The summed E-state index contributed by atoms with van der Waals surface area (Å²) in [5, 5.41) is 9.76. The first-order chi connectivity index (χ1) is 17.8. The lowest BCUT2D eigenvalue weighted by molar-refractivity contribution is 0.154. The Morgan fingerprint density at radius 3 is 2.67 bits per heavy atom. The van der Waals surface area contributed by atoms with E-state index < -0.39 is 0 Å². The molecule has 0 spiro atoms. The third-order valence-electron chi connectivity index (χ3n) is 6.94. The maximum Gasteiger partial charge on any atom is 0.138 e. The zero-order valence-corrected chi connectivity index (χ0v) is 19.6. The van der Waals surface area contributed by atoms with Gasteiger partial charge in [0.15, 0.2) is 0 Å². The molecule has 0 unspecified atom stereocenters. The largest absolute Gasteiger partial charge is 0.489 e. The number of aromatic amines is 2. The van der Waals surface area contributed by atoms with E-state index >= 15 is 0 Å². The maximum atomic E-state index is 6.23. The van der Waals surface area contributed by atoms with Gasteiger partial charge in [0, 0.05) is 39.9 Å². The van der Waals surface area contributed by atoms with Crippen LogP contribution in [0.2, 0.25) is 0 Å². The van der Waals surface area contributed by atoms with Gasteiger partial charge in [-0.1, -0.05) is 6.42 Å². The third kappa shape index (κ3) is 3.71. The lowest BCUT2D eigenvalue weighted by Gasteiger charge is -2.22. The molecule has 8 heteroatoms. The van der Waals surface area contributed by atoms with Crippen molar-refractivity contribution in [2.45, 2.75) is 38.2 Å². The highest BCUT2D eigenvalue weighted by molar-refractivity contribution is 6.00. The van der Waals surface area contributed by atoms with E-state index in [0.717, 1.165) is 74.2 Å². The average molecular weight is 477 g/mol. The van der Waals surface area contributed by atoms with Gasteiger partial charge in [-0.3, -0.25) is 20.1 Å². The Morgan fingerprint density at radius 1 is 0.861 bits per heavy atom. The number of ether oxygens (including phenoxy) is 1. The first-order valence-electron chi connectivity index (χ1n) is 12.3. The fourth-order valence-electron chi connectivity index (χ4n) is 5.11. The highest BCUT2D eigenvalue weighted by atomic mass is 16.5. The molecule has 0 atom stereocenters. The second-order valence-corrected chi connectivity index (χ2v) is 9.32. The molecule has 1 saturated carbocycles. The van der Waals surface area contributed by atoms with Crippen LogP contribution < -0.4 is 4.74 Å². The highest BCUT2D eigenvalue weighted by Crippen LogP contribution is 2.35. The monoisotopic (exact) mass is 476 g/mol. The van der Waals surface area contributed by atoms with Crippen molar-refractivity contribution in [3.8, 4) is 39.5 Å². The van der Waals surface area contributed by atoms with Crippen LogP contribution in [0.25, 0.3) is 55.6 Å². The molecule has 8 nitrogen and oxygen atoms in total. The molecule has 7 rings (SSSR count). The number of pyridine rings is 3. The molecule has 0 aliphatic heterocycles. The Bertz CT molecular complexity index is 1660. The Kier molecular flexibility index (Phi) is 5.01. The van der Waals surface area contributed by atoms with Crippen molar-refractivity contribution in [1.82, 2.24) is 30.1 Å². The van der Waals surface area contributed by atoms with Crippen LogP contribution in [0.5, 0.6) is 5.75 Å². The predicted molar refractivity (Wildman–Crippen MR) is 137 cm³/mol. The fourth-order valence-corrected chi connectivity index (χ4v) is 5.11. The highest BCUT2D eigenvalue weighted by Gasteiger charge is 2.17. The van der Waals surface area contributed by atoms with Crippen LogP contribution in [0, 0.1) is 0 Å². The second kappa shape index (κ2) is 8.64. The Labute approximate surface area is 206 Å². The molecule has 6 aromatic rings. The second-order valence-electron chi connectivity index (χ2n) is 9.32. The quantitative estimate of drug-likeness (QED) is 0.293. The number of nitrogens with one attached hydrogen (secondary N) is 2. The summed E-state index contributed by atoms with van der Waals surface area (Å²) in [7, 11) is 0. The van der Waals surface area contributed by atoms with Crippen LogP contribution in [0.4, 0.5) is 0 Å². The van der Waals surface area contributed by atoms with Crippen molar-refractivity contribution < 1.29 is 9.15 Å². The van der Waals surface area contributed by atoms with E-state index in [-0.39, 0.29) is 6.10 Å².